The maximum Gasteiger partial charge on any atom is 0.224 e. The average molecular weight is 266 g/mol. The monoisotopic (exact) mass is 266 g/mol. The van der Waals surface area contributed by atoms with Crippen molar-refractivity contribution in [2.75, 3.05) is 6.54 Å². The minimum atomic E-state index is 0.0511. The van der Waals surface area contributed by atoms with Crippen LogP contribution in [0.15, 0.2) is 0 Å². The predicted molar refractivity (Wildman–Crippen MR) is 78.7 cm³/mol. The van der Waals surface area contributed by atoms with E-state index in [0.29, 0.717) is 5.92 Å². The summed E-state index contributed by atoms with van der Waals surface area (Å²) in [5.41, 5.74) is 6.17. The molecule has 0 saturated heterocycles. The molecule has 2 aliphatic carbocycles. The quantitative estimate of drug-likeness (QED) is 0.752. The molecule has 0 bridgehead atoms. The van der Waals surface area contributed by atoms with Gasteiger partial charge in [-0.1, -0.05) is 39.0 Å². The van der Waals surface area contributed by atoms with Gasteiger partial charge in [-0.3, -0.25) is 4.79 Å². The summed E-state index contributed by atoms with van der Waals surface area (Å²) in [5.74, 6) is 1.66. The lowest BCUT2D eigenvalue weighted by atomic mass is 9.78. The molecule has 0 aromatic heterocycles. The van der Waals surface area contributed by atoms with Gasteiger partial charge in [0.2, 0.25) is 5.91 Å². The minimum Gasteiger partial charge on any atom is -0.356 e. The van der Waals surface area contributed by atoms with E-state index >= 15 is 0 Å². The zero-order valence-corrected chi connectivity index (χ0v) is 12.4. The molecule has 2 fully saturated rings. The SMILES string of the molecule is CC1CCCC(C(=O)NCCCC2CCCC2)C1N. The van der Waals surface area contributed by atoms with Gasteiger partial charge < -0.3 is 11.1 Å². The highest BCUT2D eigenvalue weighted by atomic mass is 16.1. The molecule has 3 heteroatoms. The molecule has 2 aliphatic rings. The van der Waals surface area contributed by atoms with Gasteiger partial charge in [0.1, 0.15) is 0 Å². The van der Waals surface area contributed by atoms with Gasteiger partial charge in [-0.25, -0.2) is 0 Å². The summed E-state index contributed by atoms with van der Waals surface area (Å²) in [5, 5.41) is 3.11. The third-order valence-electron chi connectivity index (χ3n) is 5.20. The number of nitrogens with one attached hydrogen (secondary N) is 1. The second kappa shape index (κ2) is 7.28. The maximum absolute atomic E-state index is 12.2. The smallest absolute Gasteiger partial charge is 0.224 e. The fraction of sp³-hybridized carbons (Fsp3) is 0.938. The predicted octanol–water partition coefficient (Wildman–Crippen LogP) is 2.84. The van der Waals surface area contributed by atoms with Crippen LogP contribution < -0.4 is 11.1 Å². The van der Waals surface area contributed by atoms with Crippen LogP contribution in [0, 0.1) is 17.8 Å². The summed E-state index contributed by atoms with van der Waals surface area (Å²) >= 11 is 0. The van der Waals surface area contributed by atoms with E-state index in [1.165, 1.54) is 38.5 Å². The summed E-state index contributed by atoms with van der Waals surface area (Å²) in [6.07, 6.45) is 11.3. The summed E-state index contributed by atoms with van der Waals surface area (Å²) in [7, 11) is 0. The topological polar surface area (TPSA) is 55.1 Å². The first-order valence-corrected chi connectivity index (χ1v) is 8.21. The molecule has 3 atom stereocenters. The Morgan fingerprint density at radius 2 is 1.89 bits per heavy atom. The number of carbonyl (C=O) groups is 1. The van der Waals surface area contributed by atoms with Crippen LogP contribution >= 0.6 is 0 Å². The number of hydrogen-bond donors (Lipinski definition) is 2. The Morgan fingerprint density at radius 3 is 2.63 bits per heavy atom. The molecule has 0 radical (unpaired) electrons. The summed E-state index contributed by atoms with van der Waals surface area (Å²) in [6, 6.07) is 0.0589. The molecule has 0 aliphatic heterocycles. The molecule has 0 heterocycles. The van der Waals surface area contributed by atoms with Crippen LogP contribution in [-0.4, -0.2) is 18.5 Å². The van der Waals surface area contributed by atoms with Crippen LogP contribution in [0.25, 0.3) is 0 Å². The molecule has 0 aromatic rings. The van der Waals surface area contributed by atoms with Crippen molar-refractivity contribution in [1.82, 2.24) is 5.32 Å². The third-order valence-corrected chi connectivity index (χ3v) is 5.20. The van der Waals surface area contributed by atoms with Crippen molar-refractivity contribution in [3.05, 3.63) is 0 Å². The van der Waals surface area contributed by atoms with Crippen molar-refractivity contribution in [2.45, 2.75) is 70.8 Å². The van der Waals surface area contributed by atoms with Gasteiger partial charge in [0, 0.05) is 12.6 Å². The largest absolute Gasteiger partial charge is 0.356 e. The molecule has 3 N–H and O–H groups in total. The van der Waals surface area contributed by atoms with Gasteiger partial charge >= 0.3 is 0 Å². The van der Waals surface area contributed by atoms with Crippen LogP contribution in [0.3, 0.4) is 0 Å². The Bertz CT molecular complexity index is 286. The van der Waals surface area contributed by atoms with E-state index in [4.69, 9.17) is 5.73 Å². The maximum atomic E-state index is 12.2. The van der Waals surface area contributed by atoms with Gasteiger partial charge in [-0.2, -0.15) is 0 Å². The normalized spacial score (nSPS) is 32.4. The molecule has 0 spiro atoms. The second-order valence-electron chi connectivity index (χ2n) is 6.68. The Hall–Kier alpha value is -0.570. The molecule has 0 aromatic carbocycles. The molecular formula is C16H30N2O. The minimum absolute atomic E-state index is 0.0511. The van der Waals surface area contributed by atoms with Crippen molar-refractivity contribution in [2.24, 2.45) is 23.5 Å². The van der Waals surface area contributed by atoms with Crippen molar-refractivity contribution >= 4 is 5.91 Å². The first-order valence-electron chi connectivity index (χ1n) is 8.21. The zero-order valence-electron chi connectivity index (χ0n) is 12.4. The zero-order chi connectivity index (χ0) is 13.7. The molecule has 3 unspecified atom stereocenters. The Labute approximate surface area is 117 Å². The molecule has 3 nitrogen and oxygen atoms in total. The fourth-order valence-electron chi connectivity index (χ4n) is 3.78. The van der Waals surface area contributed by atoms with E-state index in [-0.39, 0.29) is 17.9 Å². The molecule has 19 heavy (non-hydrogen) atoms. The van der Waals surface area contributed by atoms with Gasteiger partial charge in [0.25, 0.3) is 0 Å². The van der Waals surface area contributed by atoms with Crippen molar-refractivity contribution in [1.29, 1.82) is 0 Å². The summed E-state index contributed by atoms with van der Waals surface area (Å²) in [6.45, 7) is 3.01. The number of amides is 1. The summed E-state index contributed by atoms with van der Waals surface area (Å²) < 4.78 is 0. The molecule has 110 valence electrons. The third kappa shape index (κ3) is 4.20. The molecular weight excluding hydrogens is 236 g/mol. The van der Waals surface area contributed by atoms with Gasteiger partial charge in [0.05, 0.1) is 5.92 Å². The second-order valence-corrected chi connectivity index (χ2v) is 6.68. The highest BCUT2D eigenvalue weighted by Gasteiger charge is 2.32. The lowest BCUT2D eigenvalue weighted by Crippen LogP contribution is -2.47. The van der Waals surface area contributed by atoms with E-state index in [9.17, 15) is 4.79 Å². The first-order chi connectivity index (χ1) is 9.18. The van der Waals surface area contributed by atoms with E-state index < -0.39 is 0 Å². The standard InChI is InChI=1S/C16H30N2O/c1-12-6-4-10-14(15(12)17)16(19)18-11-5-9-13-7-2-3-8-13/h12-15H,2-11,17H2,1H3,(H,18,19). The molecule has 2 rings (SSSR count). The number of carbonyl (C=O) groups excluding carboxylic acids is 1. The van der Waals surface area contributed by atoms with E-state index in [1.54, 1.807) is 0 Å². The van der Waals surface area contributed by atoms with Gasteiger partial charge in [0.15, 0.2) is 0 Å². The molecule has 2 saturated carbocycles. The lowest BCUT2D eigenvalue weighted by Gasteiger charge is -2.32. The van der Waals surface area contributed by atoms with Crippen molar-refractivity contribution < 1.29 is 4.79 Å². The summed E-state index contributed by atoms with van der Waals surface area (Å²) in [4.78, 5) is 12.2. The van der Waals surface area contributed by atoms with E-state index in [2.05, 4.69) is 12.2 Å². The van der Waals surface area contributed by atoms with Crippen molar-refractivity contribution in [3.63, 3.8) is 0 Å². The average Bonchev–Trinajstić information content (AvgIpc) is 2.91. The Morgan fingerprint density at radius 1 is 1.16 bits per heavy atom. The fourth-order valence-corrected chi connectivity index (χ4v) is 3.78. The van der Waals surface area contributed by atoms with Crippen LogP contribution in [0.2, 0.25) is 0 Å². The van der Waals surface area contributed by atoms with Gasteiger partial charge in [-0.05, 0) is 37.5 Å². The Kier molecular flexibility index (Phi) is 5.68. The van der Waals surface area contributed by atoms with Crippen LogP contribution in [0.5, 0.6) is 0 Å². The van der Waals surface area contributed by atoms with Gasteiger partial charge in [-0.15, -0.1) is 0 Å². The Balaban J connectivity index is 1.63. The van der Waals surface area contributed by atoms with E-state index in [1.807, 2.05) is 0 Å². The lowest BCUT2D eigenvalue weighted by molar-refractivity contribution is -0.127. The van der Waals surface area contributed by atoms with E-state index in [0.717, 1.165) is 31.7 Å². The molecule has 1 amide bonds. The highest BCUT2D eigenvalue weighted by molar-refractivity contribution is 5.79. The number of nitrogens with two attached hydrogens (primary N) is 1. The first kappa shape index (κ1) is 14.8. The van der Waals surface area contributed by atoms with Crippen LogP contribution in [0.4, 0.5) is 0 Å². The van der Waals surface area contributed by atoms with Crippen molar-refractivity contribution in [3.8, 4) is 0 Å². The highest BCUT2D eigenvalue weighted by Crippen LogP contribution is 2.29. The van der Waals surface area contributed by atoms with Crippen LogP contribution in [0.1, 0.15) is 64.7 Å². The van der Waals surface area contributed by atoms with Crippen LogP contribution in [-0.2, 0) is 4.79 Å². The number of hydrogen-bond acceptors (Lipinski definition) is 2. The number of rotatable bonds is 5.